The Bertz CT molecular complexity index is 979. The van der Waals surface area contributed by atoms with Gasteiger partial charge in [0.2, 0.25) is 10.0 Å². The zero-order valence-electron chi connectivity index (χ0n) is 15.8. The van der Waals surface area contributed by atoms with Crippen molar-refractivity contribution in [3.8, 4) is 5.75 Å². The Balaban J connectivity index is 1.66. The molecule has 0 aliphatic carbocycles. The van der Waals surface area contributed by atoms with E-state index in [4.69, 9.17) is 9.47 Å². The number of ether oxygens (including phenoxy) is 2. The molecule has 29 heavy (non-hydrogen) atoms. The van der Waals surface area contributed by atoms with E-state index in [1.807, 2.05) is 0 Å². The molecular formula is C20H21F2NO5S. The van der Waals surface area contributed by atoms with Gasteiger partial charge in [-0.2, -0.15) is 4.31 Å². The van der Waals surface area contributed by atoms with Gasteiger partial charge in [-0.15, -0.1) is 0 Å². The summed E-state index contributed by atoms with van der Waals surface area (Å²) in [6.45, 7) is -0.153. The van der Waals surface area contributed by atoms with Gasteiger partial charge >= 0.3 is 5.97 Å². The predicted octanol–water partition coefficient (Wildman–Crippen LogP) is 3.12. The van der Waals surface area contributed by atoms with E-state index in [1.165, 1.54) is 35.7 Å². The van der Waals surface area contributed by atoms with Crippen LogP contribution in [0.2, 0.25) is 0 Å². The van der Waals surface area contributed by atoms with E-state index < -0.39 is 40.2 Å². The monoisotopic (exact) mass is 425 g/mol. The molecule has 0 saturated carbocycles. The third-order valence-corrected chi connectivity index (χ3v) is 6.70. The van der Waals surface area contributed by atoms with Crippen LogP contribution >= 0.6 is 0 Å². The van der Waals surface area contributed by atoms with Crippen LogP contribution < -0.4 is 4.74 Å². The lowest BCUT2D eigenvalue weighted by molar-refractivity contribution is -0.151. The summed E-state index contributed by atoms with van der Waals surface area (Å²) in [5, 5.41) is 0. The lowest BCUT2D eigenvalue weighted by Gasteiger charge is -2.30. The van der Waals surface area contributed by atoms with Crippen molar-refractivity contribution in [1.82, 2.24) is 4.31 Å². The van der Waals surface area contributed by atoms with E-state index in [1.54, 1.807) is 12.1 Å². The lowest BCUT2D eigenvalue weighted by atomic mass is 10.00. The van der Waals surface area contributed by atoms with Crippen LogP contribution in [-0.4, -0.2) is 38.9 Å². The van der Waals surface area contributed by atoms with Crippen LogP contribution in [0.5, 0.6) is 5.75 Å². The summed E-state index contributed by atoms with van der Waals surface area (Å²) in [5.74, 6) is -2.86. The molecule has 0 aromatic heterocycles. The Morgan fingerprint density at radius 1 is 1.17 bits per heavy atom. The van der Waals surface area contributed by atoms with Gasteiger partial charge in [0.05, 0.1) is 17.9 Å². The predicted molar refractivity (Wildman–Crippen MR) is 101 cm³/mol. The standard InChI is InChI=1S/C20H21F2NO5S/c1-27-16-7-9-17(10-8-16)29(25,26)23-11-3-5-14(12-23)20(24)28-13-15-4-2-6-18(21)19(15)22/h2,4,6-10,14H,3,5,11-13H2,1H3. The van der Waals surface area contributed by atoms with Crippen molar-refractivity contribution in [2.45, 2.75) is 24.3 Å². The number of hydrogen-bond acceptors (Lipinski definition) is 5. The SMILES string of the molecule is COc1ccc(S(=O)(=O)N2CCCC(C(=O)OCc3cccc(F)c3F)C2)cc1. The average Bonchev–Trinajstić information content (AvgIpc) is 2.74. The number of sulfonamides is 1. The second kappa shape index (κ2) is 8.87. The molecule has 2 aromatic rings. The number of hydrogen-bond donors (Lipinski definition) is 0. The second-order valence-corrected chi connectivity index (χ2v) is 8.64. The summed E-state index contributed by atoms with van der Waals surface area (Å²) in [4.78, 5) is 12.5. The molecule has 3 rings (SSSR count). The number of halogens is 2. The van der Waals surface area contributed by atoms with Crippen LogP contribution in [0, 0.1) is 17.6 Å². The number of esters is 1. The van der Waals surface area contributed by atoms with Gasteiger partial charge in [0.1, 0.15) is 12.4 Å². The number of piperidine rings is 1. The van der Waals surface area contributed by atoms with Crippen molar-refractivity contribution in [2.75, 3.05) is 20.2 Å². The van der Waals surface area contributed by atoms with Gasteiger partial charge in [-0.25, -0.2) is 17.2 Å². The molecule has 1 atom stereocenters. The minimum absolute atomic E-state index is 0.0289. The molecule has 1 aliphatic heterocycles. The fourth-order valence-corrected chi connectivity index (χ4v) is 4.70. The van der Waals surface area contributed by atoms with E-state index >= 15 is 0 Å². The van der Waals surface area contributed by atoms with Gasteiger partial charge in [-0.1, -0.05) is 12.1 Å². The Kier molecular flexibility index (Phi) is 6.49. The van der Waals surface area contributed by atoms with Gasteiger partial charge in [0.25, 0.3) is 0 Å². The van der Waals surface area contributed by atoms with Crippen LogP contribution in [-0.2, 0) is 26.2 Å². The quantitative estimate of drug-likeness (QED) is 0.665. The minimum atomic E-state index is -3.77. The highest BCUT2D eigenvalue weighted by Gasteiger charge is 2.34. The maximum Gasteiger partial charge on any atom is 0.310 e. The average molecular weight is 425 g/mol. The van der Waals surface area contributed by atoms with Gasteiger partial charge < -0.3 is 9.47 Å². The molecular weight excluding hydrogens is 404 g/mol. The molecule has 0 radical (unpaired) electrons. The first-order valence-electron chi connectivity index (χ1n) is 9.06. The zero-order chi connectivity index (χ0) is 21.0. The van der Waals surface area contributed by atoms with Gasteiger partial charge in [0.15, 0.2) is 11.6 Å². The highest BCUT2D eigenvalue weighted by molar-refractivity contribution is 7.89. The Morgan fingerprint density at radius 2 is 1.90 bits per heavy atom. The Hall–Kier alpha value is -2.52. The van der Waals surface area contributed by atoms with Crippen LogP contribution in [0.3, 0.4) is 0 Å². The van der Waals surface area contributed by atoms with E-state index in [9.17, 15) is 22.0 Å². The number of nitrogens with zero attached hydrogens (tertiary/aromatic N) is 1. The third-order valence-electron chi connectivity index (χ3n) is 4.82. The van der Waals surface area contributed by atoms with Crippen LogP contribution in [0.1, 0.15) is 18.4 Å². The summed E-state index contributed by atoms with van der Waals surface area (Å²) < 4.78 is 64.1. The van der Waals surface area contributed by atoms with E-state index in [2.05, 4.69) is 0 Å². The molecule has 1 fully saturated rings. The fourth-order valence-electron chi connectivity index (χ4n) is 3.18. The van der Waals surface area contributed by atoms with E-state index in [-0.39, 0.29) is 23.5 Å². The molecule has 0 bridgehead atoms. The Labute approximate surface area is 168 Å². The first-order chi connectivity index (χ1) is 13.8. The van der Waals surface area contributed by atoms with Gasteiger partial charge in [-0.05, 0) is 43.2 Å². The fraction of sp³-hybridized carbons (Fsp3) is 0.350. The Morgan fingerprint density at radius 3 is 2.59 bits per heavy atom. The molecule has 0 spiro atoms. The van der Waals surface area contributed by atoms with Crippen molar-refractivity contribution >= 4 is 16.0 Å². The van der Waals surface area contributed by atoms with Gasteiger partial charge in [-0.3, -0.25) is 4.79 Å². The molecule has 156 valence electrons. The molecule has 6 nitrogen and oxygen atoms in total. The number of carbonyl (C=O) groups is 1. The van der Waals surface area contributed by atoms with Crippen molar-refractivity contribution in [2.24, 2.45) is 5.92 Å². The van der Waals surface area contributed by atoms with E-state index in [0.717, 1.165) is 6.07 Å². The molecule has 1 heterocycles. The number of methoxy groups -OCH3 is 1. The number of benzene rings is 2. The molecule has 9 heteroatoms. The number of rotatable bonds is 6. The third kappa shape index (κ3) is 4.73. The molecule has 2 aromatic carbocycles. The largest absolute Gasteiger partial charge is 0.497 e. The highest BCUT2D eigenvalue weighted by atomic mass is 32.2. The van der Waals surface area contributed by atoms with Crippen LogP contribution in [0.25, 0.3) is 0 Å². The first kappa shape index (κ1) is 21.2. The van der Waals surface area contributed by atoms with Crippen molar-refractivity contribution in [1.29, 1.82) is 0 Å². The topological polar surface area (TPSA) is 72.9 Å². The highest BCUT2D eigenvalue weighted by Crippen LogP contribution is 2.26. The summed E-state index contributed by atoms with van der Waals surface area (Å²) in [6, 6.07) is 9.62. The zero-order valence-corrected chi connectivity index (χ0v) is 16.6. The van der Waals surface area contributed by atoms with Crippen molar-refractivity contribution in [3.63, 3.8) is 0 Å². The summed E-state index contributed by atoms with van der Waals surface area (Å²) in [7, 11) is -2.29. The molecule has 0 amide bonds. The molecule has 1 unspecified atom stereocenters. The summed E-state index contributed by atoms with van der Waals surface area (Å²) in [5.41, 5.74) is -0.0723. The maximum atomic E-state index is 13.7. The molecule has 1 saturated heterocycles. The summed E-state index contributed by atoms with van der Waals surface area (Å²) >= 11 is 0. The van der Waals surface area contributed by atoms with Crippen molar-refractivity contribution < 1.29 is 31.5 Å². The lowest BCUT2D eigenvalue weighted by Crippen LogP contribution is -2.42. The molecule has 0 N–H and O–H groups in total. The molecule has 1 aliphatic rings. The van der Waals surface area contributed by atoms with E-state index in [0.29, 0.717) is 18.6 Å². The van der Waals surface area contributed by atoms with Crippen LogP contribution in [0.4, 0.5) is 8.78 Å². The smallest absolute Gasteiger partial charge is 0.310 e. The summed E-state index contributed by atoms with van der Waals surface area (Å²) in [6.07, 6.45) is 0.947. The first-order valence-corrected chi connectivity index (χ1v) is 10.5. The number of carbonyl (C=O) groups excluding carboxylic acids is 1. The van der Waals surface area contributed by atoms with Gasteiger partial charge in [0, 0.05) is 18.7 Å². The normalized spacial score (nSPS) is 17.7. The van der Waals surface area contributed by atoms with Crippen LogP contribution in [0.15, 0.2) is 47.4 Å². The minimum Gasteiger partial charge on any atom is -0.497 e. The maximum absolute atomic E-state index is 13.7. The second-order valence-electron chi connectivity index (χ2n) is 6.70. The van der Waals surface area contributed by atoms with Crippen molar-refractivity contribution in [3.05, 3.63) is 59.7 Å².